The van der Waals surface area contributed by atoms with Gasteiger partial charge in [0.05, 0.1) is 12.3 Å². The van der Waals surface area contributed by atoms with Crippen molar-refractivity contribution in [1.29, 1.82) is 0 Å². The van der Waals surface area contributed by atoms with Crippen molar-refractivity contribution in [3.8, 4) is 5.75 Å². The van der Waals surface area contributed by atoms with E-state index in [1.54, 1.807) is 6.07 Å². The lowest BCUT2D eigenvalue weighted by Crippen LogP contribution is -2.26. The maximum absolute atomic E-state index is 11.9. The first-order chi connectivity index (χ1) is 10.1. The van der Waals surface area contributed by atoms with Gasteiger partial charge in [-0.15, -0.1) is 0 Å². The number of alkyl halides is 2. The number of hydrogen-bond donors (Lipinski definition) is 2. The van der Waals surface area contributed by atoms with E-state index < -0.39 is 13.0 Å². The molecule has 5 nitrogen and oxygen atoms in total. The summed E-state index contributed by atoms with van der Waals surface area (Å²) in [7, 11) is 0. The molecule has 0 spiro atoms. The fourth-order valence-corrected chi connectivity index (χ4v) is 2.01. The van der Waals surface area contributed by atoms with Crippen LogP contribution in [-0.4, -0.2) is 38.7 Å². The molecule has 0 bridgehead atoms. The summed E-state index contributed by atoms with van der Waals surface area (Å²) in [5.41, 5.74) is 1.61. The predicted molar refractivity (Wildman–Crippen MR) is 73.8 cm³/mol. The van der Waals surface area contributed by atoms with Gasteiger partial charge in [-0.25, -0.2) is 8.78 Å². The Hall–Kier alpha value is -1.73. The van der Waals surface area contributed by atoms with Crippen LogP contribution < -0.4 is 15.4 Å². The smallest absolute Gasteiger partial charge is 0.262 e. The quantitative estimate of drug-likeness (QED) is 0.756. The number of ether oxygens (including phenoxy) is 2. The van der Waals surface area contributed by atoms with Gasteiger partial charge in [-0.2, -0.15) is 0 Å². The number of nitrogens with one attached hydrogen (secondary N) is 2. The number of carbonyl (C=O) groups excluding carboxylic acids is 1. The largest absolute Gasteiger partial charge is 0.482 e. The molecule has 0 fully saturated rings. The fraction of sp³-hybridized carbons (Fsp3) is 0.500. The summed E-state index contributed by atoms with van der Waals surface area (Å²) in [5, 5.41) is 5.91. The summed E-state index contributed by atoms with van der Waals surface area (Å²) >= 11 is 0. The van der Waals surface area contributed by atoms with Gasteiger partial charge in [0.15, 0.2) is 6.61 Å². The van der Waals surface area contributed by atoms with Crippen LogP contribution in [0.1, 0.15) is 18.5 Å². The standard InChI is InChI=1S/C14H18F2N2O3/c1-9(17-4-5-20-7-13(15)16)10-2-3-12-11(6-10)18-14(19)8-21-12/h2-3,6,9,13,17H,4-5,7-8H2,1H3,(H,18,19). The van der Waals surface area contributed by atoms with Crippen molar-refractivity contribution in [1.82, 2.24) is 5.32 Å². The second-order valence-electron chi connectivity index (χ2n) is 4.73. The van der Waals surface area contributed by atoms with Crippen molar-refractivity contribution in [2.45, 2.75) is 19.4 Å². The number of anilines is 1. The molecule has 0 aliphatic carbocycles. The average molecular weight is 300 g/mol. The first-order valence-electron chi connectivity index (χ1n) is 6.72. The second-order valence-corrected chi connectivity index (χ2v) is 4.73. The Balaban J connectivity index is 1.84. The average Bonchev–Trinajstić information content (AvgIpc) is 2.45. The van der Waals surface area contributed by atoms with Gasteiger partial charge in [0, 0.05) is 12.6 Å². The first-order valence-corrected chi connectivity index (χ1v) is 6.72. The van der Waals surface area contributed by atoms with Crippen LogP contribution in [0.25, 0.3) is 0 Å². The minimum absolute atomic E-state index is 0.00396. The topological polar surface area (TPSA) is 59.6 Å². The van der Waals surface area contributed by atoms with Crippen LogP contribution in [0.4, 0.5) is 14.5 Å². The summed E-state index contributed by atoms with van der Waals surface area (Å²) in [6.45, 7) is 2.12. The summed E-state index contributed by atoms with van der Waals surface area (Å²) < 4.78 is 33.9. The van der Waals surface area contributed by atoms with Gasteiger partial charge in [-0.05, 0) is 24.6 Å². The zero-order valence-corrected chi connectivity index (χ0v) is 11.7. The molecule has 2 N–H and O–H groups in total. The van der Waals surface area contributed by atoms with Crippen LogP contribution in [0.15, 0.2) is 18.2 Å². The number of rotatable bonds is 7. The van der Waals surface area contributed by atoms with Crippen molar-refractivity contribution < 1.29 is 23.0 Å². The molecule has 116 valence electrons. The van der Waals surface area contributed by atoms with Gasteiger partial charge < -0.3 is 20.1 Å². The minimum atomic E-state index is -2.44. The number of hydrogen-bond acceptors (Lipinski definition) is 4. The van der Waals surface area contributed by atoms with Gasteiger partial charge in [-0.3, -0.25) is 4.79 Å². The summed E-state index contributed by atoms with van der Waals surface area (Å²) in [5.74, 6) is 0.464. The normalized spacial score (nSPS) is 15.3. The summed E-state index contributed by atoms with van der Waals surface area (Å²) in [4.78, 5) is 11.3. The maximum atomic E-state index is 11.9. The second kappa shape index (κ2) is 7.33. The van der Waals surface area contributed by atoms with E-state index >= 15 is 0 Å². The Kier molecular flexibility index (Phi) is 5.46. The van der Waals surface area contributed by atoms with Gasteiger partial charge in [0.25, 0.3) is 12.3 Å². The van der Waals surface area contributed by atoms with E-state index in [-0.39, 0.29) is 25.2 Å². The maximum Gasteiger partial charge on any atom is 0.262 e. The number of carbonyl (C=O) groups is 1. The molecule has 0 saturated carbocycles. The van der Waals surface area contributed by atoms with E-state index in [0.29, 0.717) is 18.0 Å². The summed E-state index contributed by atoms with van der Waals surface area (Å²) in [6.07, 6.45) is -2.44. The van der Waals surface area contributed by atoms with Gasteiger partial charge in [0.1, 0.15) is 12.4 Å². The van der Waals surface area contributed by atoms with E-state index in [1.807, 2.05) is 19.1 Å². The highest BCUT2D eigenvalue weighted by Crippen LogP contribution is 2.30. The highest BCUT2D eigenvalue weighted by Gasteiger charge is 2.17. The Morgan fingerprint density at radius 2 is 2.29 bits per heavy atom. The molecule has 1 amide bonds. The van der Waals surface area contributed by atoms with Crippen molar-refractivity contribution in [2.75, 3.05) is 31.7 Å². The molecule has 0 saturated heterocycles. The van der Waals surface area contributed by atoms with Crippen molar-refractivity contribution in [3.05, 3.63) is 23.8 Å². The number of amides is 1. The lowest BCUT2D eigenvalue weighted by atomic mass is 10.1. The van der Waals surface area contributed by atoms with Crippen LogP contribution in [0.2, 0.25) is 0 Å². The Morgan fingerprint density at radius 3 is 3.05 bits per heavy atom. The van der Waals surface area contributed by atoms with Gasteiger partial charge in [0.2, 0.25) is 0 Å². The lowest BCUT2D eigenvalue weighted by Gasteiger charge is -2.21. The third-order valence-electron chi connectivity index (χ3n) is 3.08. The number of halogens is 2. The van der Waals surface area contributed by atoms with Crippen molar-refractivity contribution in [3.63, 3.8) is 0 Å². The van der Waals surface area contributed by atoms with E-state index in [9.17, 15) is 13.6 Å². The monoisotopic (exact) mass is 300 g/mol. The molecule has 1 aromatic rings. The third kappa shape index (κ3) is 4.64. The molecular formula is C14H18F2N2O3. The van der Waals surface area contributed by atoms with Crippen molar-refractivity contribution >= 4 is 11.6 Å². The van der Waals surface area contributed by atoms with Crippen molar-refractivity contribution in [2.24, 2.45) is 0 Å². The summed E-state index contributed by atoms with van der Waals surface area (Å²) in [6, 6.07) is 5.54. The first kappa shape index (κ1) is 15.7. The highest BCUT2D eigenvalue weighted by molar-refractivity contribution is 5.95. The molecule has 7 heteroatoms. The Bertz CT molecular complexity index is 497. The van der Waals surface area contributed by atoms with E-state index in [1.165, 1.54) is 0 Å². The Morgan fingerprint density at radius 1 is 1.48 bits per heavy atom. The Labute approximate surface area is 121 Å². The molecule has 1 aromatic carbocycles. The van der Waals surface area contributed by atoms with Crippen LogP contribution >= 0.6 is 0 Å². The molecule has 1 heterocycles. The molecule has 21 heavy (non-hydrogen) atoms. The molecular weight excluding hydrogens is 282 g/mol. The molecule has 1 aliphatic rings. The van der Waals surface area contributed by atoms with Gasteiger partial charge >= 0.3 is 0 Å². The molecule has 1 atom stereocenters. The third-order valence-corrected chi connectivity index (χ3v) is 3.08. The zero-order chi connectivity index (χ0) is 15.2. The SMILES string of the molecule is CC(NCCOCC(F)F)c1ccc2c(c1)NC(=O)CO2. The van der Waals surface area contributed by atoms with E-state index in [2.05, 4.69) is 10.6 Å². The molecule has 0 aromatic heterocycles. The minimum Gasteiger partial charge on any atom is -0.482 e. The molecule has 2 rings (SSSR count). The highest BCUT2D eigenvalue weighted by atomic mass is 19.3. The molecule has 0 radical (unpaired) electrons. The molecule has 1 aliphatic heterocycles. The van der Waals surface area contributed by atoms with E-state index in [0.717, 1.165) is 5.56 Å². The van der Waals surface area contributed by atoms with Crippen LogP contribution in [0.5, 0.6) is 5.75 Å². The van der Waals surface area contributed by atoms with Crippen LogP contribution in [-0.2, 0) is 9.53 Å². The van der Waals surface area contributed by atoms with Crippen LogP contribution in [0.3, 0.4) is 0 Å². The number of fused-ring (bicyclic) bond motifs is 1. The van der Waals surface area contributed by atoms with Crippen LogP contribution in [0, 0.1) is 0 Å². The van der Waals surface area contributed by atoms with Gasteiger partial charge in [-0.1, -0.05) is 6.07 Å². The zero-order valence-electron chi connectivity index (χ0n) is 11.7. The molecule has 1 unspecified atom stereocenters. The predicted octanol–water partition coefficient (Wildman–Crippen LogP) is 1.95. The fourth-order valence-electron chi connectivity index (χ4n) is 2.01. The van der Waals surface area contributed by atoms with E-state index in [4.69, 9.17) is 9.47 Å². The number of benzene rings is 1. The lowest BCUT2D eigenvalue weighted by molar-refractivity contribution is -0.118.